The lowest BCUT2D eigenvalue weighted by Gasteiger charge is -2.20. The number of methoxy groups -OCH3 is 1. The van der Waals surface area contributed by atoms with Crippen LogP contribution in [0.4, 0.5) is 5.69 Å². The summed E-state index contributed by atoms with van der Waals surface area (Å²) in [5.41, 5.74) is 3.20. The average Bonchev–Trinajstić information content (AvgIpc) is 2.74. The molecule has 0 radical (unpaired) electrons. The summed E-state index contributed by atoms with van der Waals surface area (Å²) in [6.07, 6.45) is 0.200. The molecule has 2 N–H and O–H groups in total. The van der Waals surface area contributed by atoms with Crippen LogP contribution in [-0.2, 0) is 21.2 Å². The second-order valence-electron chi connectivity index (χ2n) is 7.38. The number of carbonyl (C=O) groups is 1. The molecule has 1 amide bonds. The SMILES string of the molecule is COc1ccc(C)cc1S(=O)(=O)NC(Cc1ccccc1)C(=O)Nc1cccc(C)c1. The minimum Gasteiger partial charge on any atom is -0.495 e. The molecule has 0 aliphatic carbocycles. The molecule has 0 saturated carbocycles. The Morgan fingerprint density at radius 3 is 2.32 bits per heavy atom. The van der Waals surface area contributed by atoms with E-state index in [1.165, 1.54) is 13.2 Å². The molecule has 31 heavy (non-hydrogen) atoms. The summed E-state index contributed by atoms with van der Waals surface area (Å²) in [6.45, 7) is 3.72. The second kappa shape index (κ2) is 9.76. The highest BCUT2D eigenvalue weighted by Gasteiger charge is 2.28. The quantitative estimate of drug-likeness (QED) is 0.560. The molecule has 7 heteroatoms. The van der Waals surface area contributed by atoms with E-state index in [0.29, 0.717) is 5.69 Å². The van der Waals surface area contributed by atoms with Gasteiger partial charge in [0.15, 0.2) is 0 Å². The van der Waals surface area contributed by atoms with E-state index in [-0.39, 0.29) is 17.1 Å². The highest BCUT2D eigenvalue weighted by atomic mass is 32.2. The summed E-state index contributed by atoms with van der Waals surface area (Å²) >= 11 is 0. The smallest absolute Gasteiger partial charge is 0.245 e. The van der Waals surface area contributed by atoms with Gasteiger partial charge < -0.3 is 10.1 Å². The Balaban J connectivity index is 1.92. The molecular weight excluding hydrogens is 412 g/mol. The number of amides is 1. The van der Waals surface area contributed by atoms with Gasteiger partial charge in [0.05, 0.1) is 7.11 Å². The Morgan fingerprint density at radius 1 is 0.935 bits per heavy atom. The third-order valence-electron chi connectivity index (χ3n) is 4.79. The summed E-state index contributed by atoms with van der Waals surface area (Å²) in [6, 6.07) is 20.5. The van der Waals surface area contributed by atoms with Gasteiger partial charge in [-0.2, -0.15) is 4.72 Å². The van der Waals surface area contributed by atoms with Gasteiger partial charge >= 0.3 is 0 Å². The molecule has 0 aromatic heterocycles. The van der Waals surface area contributed by atoms with Crippen molar-refractivity contribution in [3.05, 3.63) is 89.5 Å². The van der Waals surface area contributed by atoms with Crippen LogP contribution in [-0.4, -0.2) is 27.5 Å². The van der Waals surface area contributed by atoms with Crippen molar-refractivity contribution in [2.24, 2.45) is 0 Å². The van der Waals surface area contributed by atoms with Crippen molar-refractivity contribution < 1.29 is 17.9 Å². The first-order chi connectivity index (χ1) is 14.8. The Hall–Kier alpha value is -3.16. The van der Waals surface area contributed by atoms with E-state index in [1.807, 2.05) is 55.5 Å². The van der Waals surface area contributed by atoms with Crippen LogP contribution >= 0.6 is 0 Å². The topological polar surface area (TPSA) is 84.5 Å². The zero-order chi connectivity index (χ0) is 22.4. The van der Waals surface area contributed by atoms with Crippen molar-refractivity contribution in [2.45, 2.75) is 31.2 Å². The molecule has 162 valence electrons. The Bertz CT molecular complexity index is 1160. The van der Waals surface area contributed by atoms with Crippen LogP contribution in [0.2, 0.25) is 0 Å². The number of rotatable bonds is 8. The molecule has 0 saturated heterocycles. The van der Waals surface area contributed by atoms with Crippen molar-refractivity contribution in [1.82, 2.24) is 4.72 Å². The van der Waals surface area contributed by atoms with Gasteiger partial charge in [-0.1, -0.05) is 48.5 Å². The number of carbonyl (C=O) groups excluding carboxylic acids is 1. The van der Waals surface area contributed by atoms with E-state index < -0.39 is 22.0 Å². The standard InChI is InChI=1S/C24H26N2O4S/c1-17-8-7-11-20(14-17)25-24(27)21(16-19-9-5-4-6-10-19)26-31(28,29)23-15-18(2)12-13-22(23)30-3/h4-15,21,26H,16H2,1-3H3,(H,25,27). The maximum absolute atomic E-state index is 13.2. The average molecular weight is 439 g/mol. The fourth-order valence-corrected chi connectivity index (χ4v) is 4.68. The van der Waals surface area contributed by atoms with Crippen molar-refractivity contribution in [3.63, 3.8) is 0 Å². The Labute approximate surface area is 183 Å². The molecule has 0 spiro atoms. The summed E-state index contributed by atoms with van der Waals surface area (Å²) in [5.74, 6) is -0.222. The molecule has 3 aromatic carbocycles. The lowest BCUT2D eigenvalue weighted by Crippen LogP contribution is -2.45. The van der Waals surface area contributed by atoms with Gasteiger partial charge in [0.25, 0.3) is 0 Å². The van der Waals surface area contributed by atoms with E-state index >= 15 is 0 Å². The maximum Gasteiger partial charge on any atom is 0.245 e. The number of ether oxygens (including phenoxy) is 1. The lowest BCUT2D eigenvalue weighted by atomic mass is 10.1. The van der Waals surface area contributed by atoms with Gasteiger partial charge in [-0.15, -0.1) is 0 Å². The number of aryl methyl sites for hydroxylation is 2. The van der Waals surface area contributed by atoms with E-state index in [1.54, 1.807) is 25.1 Å². The Kier molecular flexibility index (Phi) is 7.09. The third kappa shape index (κ3) is 5.93. The highest BCUT2D eigenvalue weighted by Crippen LogP contribution is 2.25. The maximum atomic E-state index is 13.2. The lowest BCUT2D eigenvalue weighted by molar-refractivity contribution is -0.117. The first kappa shape index (κ1) is 22.5. The van der Waals surface area contributed by atoms with Crippen molar-refractivity contribution in [2.75, 3.05) is 12.4 Å². The molecule has 3 aromatic rings. The van der Waals surface area contributed by atoms with Gasteiger partial charge in [0.2, 0.25) is 15.9 Å². The molecule has 3 rings (SSSR count). The number of anilines is 1. The molecule has 0 fully saturated rings. The first-order valence-corrected chi connectivity index (χ1v) is 11.4. The molecule has 0 aliphatic rings. The zero-order valence-corrected chi connectivity index (χ0v) is 18.6. The fourth-order valence-electron chi connectivity index (χ4n) is 3.23. The predicted molar refractivity (Wildman–Crippen MR) is 122 cm³/mol. The predicted octanol–water partition coefficient (Wildman–Crippen LogP) is 3.84. The summed E-state index contributed by atoms with van der Waals surface area (Å²) < 4.78 is 34.2. The molecule has 1 atom stereocenters. The molecule has 6 nitrogen and oxygen atoms in total. The first-order valence-electron chi connectivity index (χ1n) is 9.87. The minimum absolute atomic E-state index is 0.00332. The number of benzene rings is 3. The van der Waals surface area contributed by atoms with Crippen LogP contribution in [0.25, 0.3) is 0 Å². The van der Waals surface area contributed by atoms with Crippen LogP contribution in [0.1, 0.15) is 16.7 Å². The minimum atomic E-state index is -4.03. The monoisotopic (exact) mass is 438 g/mol. The number of sulfonamides is 1. The van der Waals surface area contributed by atoms with Gasteiger partial charge in [0.1, 0.15) is 16.7 Å². The van der Waals surface area contributed by atoms with E-state index in [9.17, 15) is 13.2 Å². The van der Waals surface area contributed by atoms with Crippen LogP contribution in [0.15, 0.2) is 77.7 Å². The second-order valence-corrected chi connectivity index (χ2v) is 9.06. The fraction of sp³-hybridized carbons (Fsp3) is 0.208. The van der Waals surface area contributed by atoms with Gasteiger partial charge in [-0.25, -0.2) is 8.42 Å². The molecular formula is C24H26N2O4S. The highest BCUT2D eigenvalue weighted by molar-refractivity contribution is 7.89. The molecule has 0 bridgehead atoms. The zero-order valence-electron chi connectivity index (χ0n) is 17.8. The third-order valence-corrected chi connectivity index (χ3v) is 6.28. The van der Waals surface area contributed by atoms with Crippen LogP contribution in [0.3, 0.4) is 0 Å². The number of hydrogen-bond donors (Lipinski definition) is 2. The summed E-state index contributed by atoms with van der Waals surface area (Å²) in [5, 5.41) is 2.82. The van der Waals surface area contributed by atoms with Crippen molar-refractivity contribution >= 4 is 21.6 Å². The van der Waals surface area contributed by atoms with Crippen LogP contribution in [0, 0.1) is 13.8 Å². The number of hydrogen-bond acceptors (Lipinski definition) is 4. The van der Waals surface area contributed by atoms with Crippen molar-refractivity contribution in [1.29, 1.82) is 0 Å². The van der Waals surface area contributed by atoms with E-state index in [2.05, 4.69) is 10.0 Å². The molecule has 0 aliphatic heterocycles. The molecule has 1 unspecified atom stereocenters. The van der Waals surface area contributed by atoms with Crippen LogP contribution < -0.4 is 14.8 Å². The van der Waals surface area contributed by atoms with E-state index in [0.717, 1.165) is 16.7 Å². The largest absolute Gasteiger partial charge is 0.495 e. The Morgan fingerprint density at radius 2 is 1.65 bits per heavy atom. The normalized spacial score (nSPS) is 12.2. The van der Waals surface area contributed by atoms with E-state index in [4.69, 9.17) is 4.74 Å². The summed E-state index contributed by atoms with van der Waals surface area (Å²) in [7, 11) is -2.61. The van der Waals surface area contributed by atoms with Crippen LogP contribution in [0.5, 0.6) is 5.75 Å². The van der Waals surface area contributed by atoms with Crippen molar-refractivity contribution in [3.8, 4) is 5.75 Å². The van der Waals surface area contributed by atoms with Gasteiger partial charge in [-0.3, -0.25) is 4.79 Å². The summed E-state index contributed by atoms with van der Waals surface area (Å²) in [4.78, 5) is 13.1. The van der Waals surface area contributed by atoms with Gasteiger partial charge in [0, 0.05) is 5.69 Å². The number of nitrogens with one attached hydrogen (secondary N) is 2. The molecule has 0 heterocycles. The van der Waals surface area contributed by atoms with Gasteiger partial charge in [-0.05, 0) is 61.2 Å².